The summed E-state index contributed by atoms with van der Waals surface area (Å²) in [7, 11) is 1.86. The Kier molecular flexibility index (Phi) is 6.90. The highest BCUT2D eigenvalue weighted by Crippen LogP contribution is 2.36. The predicted octanol–water partition coefficient (Wildman–Crippen LogP) is 7.38. The second-order valence-electron chi connectivity index (χ2n) is 9.08. The lowest BCUT2D eigenvalue weighted by Crippen LogP contribution is -2.20. The maximum Gasteiger partial charge on any atom is 0.135 e. The summed E-state index contributed by atoms with van der Waals surface area (Å²) >= 11 is 0. The van der Waals surface area contributed by atoms with Crippen LogP contribution in [0.5, 0.6) is 11.5 Å². The molecule has 0 bridgehead atoms. The van der Waals surface area contributed by atoms with E-state index < -0.39 is 0 Å². The summed E-state index contributed by atoms with van der Waals surface area (Å²) in [5.41, 5.74) is 6.17. The van der Waals surface area contributed by atoms with Gasteiger partial charge >= 0.3 is 0 Å². The van der Waals surface area contributed by atoms with Gasteiger partial charge in [0.15, 0.2) is 0 Å². The molecule has 1 aliphatic rings. The molecule has 0 aliphatic heterocycles. The molecule has 4 aromatic rings. The highest BCUT2D eigenvalue weighted by atomic mass is 16.5. The van der Waals surface area contributed by atoms with Gasteiger partial charge in [-0.25, -0.2) is 0 Å². The zero-order chi connectivity index (χ0) is 23.2. The fraction of sp³-hybridized carbons (Fsp3) is 0.258. The number of para-hydroxylation sites is 2. The van der Waals surface area contributed by atoms with Gasteiger partial charge in [0.1, 0.15) is 17.0 Å². The van der Waals surface area contributed by atoms with Gasteiger partial charge in [-0.15, -0.1) is 0 Å². The molecule has 1 aromatic heterocycles. The number of hydrogen-bond acceptors (Lipinski definition) is 2. The maximum atomic E-state index is 6.21. The van der Waals surface area contributed by atoms with Crippen molar-refractivity contribution in [3.8, 4) is 22.6 Å². The van der Waals surface area contributed by atoms with E-state index in [4.69, 9.17) is 4.74 Å². The van der Waals surface area contributed by atoms with E-state index in [1.54, 1.807) is 0 Å². The Morgan fingerprint density at radius 1 is 0.882 bits per heavy atom. The quantitative estimate of drug-likeness (QED) is 0.276. The molecule has 5 rings (SSSR count). The van der Waals surface area contributed by atoms with E-state index in [1.807, 2.05) is 49.5 Å². The van der Waals surface area contributed by atoms with Crippen molar-refractivity contribution in [1.29, 1.82) is 0 Å². The van der Waals surface area contributed by atoms with Gasteiger partial charge < -0.3 is 9.30 Å². The second kappa shape index (κ2) is 10.6. The molecule has 34 heavy (non-hydrogen) atoms. The van der Waals surface area contributed by atoms with Gasteiger partial charge in [0.25, 0.3) is 0 Å². The van der Waals surface area contributed by atoms with Gasteiger partial charge in [-0.3, -0.25) is 4.99 Å². The minimum Gasteiger partial charge on any atom is -0.457 e. The highest BCUT2D eigenvalue weighted by Gasteiger charge is 2.19. The van der Waals surface area contributed by atoms with E-state index >= 15 is 0 Å². The summed E-state index contributed by atoms with van der Waals surface area (Å²) < 4.78 is 8.48. The topological polar surface area (TPSA) is 26.5 Å². The molecule has 0 amide bonds. The van der Waals surface area contributed by atoms with E-state index in [0.717, 1.165) is 53.4 Å². The van der Waals surface area contributed by atoms with E-state index in [9.17, 15) is 0 Å². The van der Waals surface area contributed by atoms with Gasteiger partial charge in [0, 0.05) is 30.9 Å². The number of pyridine rings is 1. The minimum absolute atomic E-state index is 0.787. The fourth-order valence-corrected chi connectivity index (χ4v) is 4.69. The van der Waals surface area contributed by atoms with Crippen LogP contribution >= 0.6 is 0 Å². The lowest BCUT2D eigenvalue weighted by atomic mass is 9.79. The first kappa shape index (κ1) is 22.2. The van der Waals surface area contributed by atoms with Crippen LogP contribution in [-0.2, 0) is 13.0 Å². The molecular weight excluding hydrogens is 416 g/mol. The van der Waals surface area contributed by atoms with Crippen LogP contribution in [-0.4, -0.2) is 11.6 Å². The lowest BCUT2D eigenvalue weighted by molar-refractivity contribution is 0.419. The lowest BCUT2D eigenvalue weighted by Gasteiger charge is -2.26. The summed E-state index contributed by atoms with van der Waals surface area (Å²) in [4.78, 5) is 4.51. The van der Waals surface area contributed by atoms with Crippen molar-refractivity contribution in [2.45, 2.75) is 44.6 Å². The van der Waals surface area contributed by atoms with Crippen molar-refractivity contribution in [3.63, 3.8) is 0 Å². The zero-order valence-corrected chi connectivity index (χ0v) is 19.9. The normalized spacial score (nSPS) is 14.1. The average molecular weight is 449 g/mol. The molecule has 3 nitrogen and oxygen atoms in total. The van der Waals surface area contributed by atoms with Crippen molar-refractivity contribution >= 4 is 0 Å². The summed E-state index contributed by atoms with van der Waals surface area (Å²) in [6, 6.07) is 31.6. The number of nitrogens with zero attached hydrogens (tertiary/aromatic N) is 2. The maximum absolute atomic E-state index is 6.21. The predicted molar refractivity (Wildman–Crippen MR) is 139 cm³/mol. The molecule has 1 aliphatic carbocycles. The van der Waals surface area contributed by atoms with Gasteiger partial charge in [-0.1, -0.05) is 67.1 Å². The van der Waals surface area contributed by atoms with Crippen molar-refractivity contribution in [1.82, 2.24) is 4.57 Å². The van der Waals surface area contributed by atoms with Crippen LogP contribution in [0.3, 0.4) is 0 Å². The fourth-order valence-electron chi connectivity index (χ4n) is 4.69. The number of hydrogen-bond donors (Lipinski definition) is 0. The van der Waals surface area contributed by atoms with Crippen LogP contribution < -0.4 is 10.2 Å². The largest absolute Gasteiger partial charge is 0.457 e. The van der Waals surface area contributed by atoms with Gasteiger partial charge in [-0.2, -0.15) is 0 Å². The molecule has 1 saturated carbocycles. The number of ether oxygens (including phenoxy) is 1. The van der Waals surface area contributed by atoms with Crippen LogP contribution in [0.15, 0.2) is 102 Å². The molecule has 3 aromatic carbocycles. The minimum atomic E-state index is 0.787. The third-order valence-corrected chi connectivity index (χ3v) is 6.79. The second-order valence-corrected chi connectivity index (χ2v) is 9.08. The molecule has 0 unspecified atom stereocenters. The Balaban J connectivity index is 1.34. The van der Waals surface area contributed by atoms with E-state index in [1.165, 1.54) is 30.4 Å². The first-order valence-corrected chi connectivity index (χ1v) is 12.3. The molecule has 0 spiro atoms. The van der Waals surface area contributed by atoms with Gasteiger partial charge in [-0.05, 0) is 73.1 Å². The number of rotatable bonds is 8. The van der Waals surface area contributed by atoms with Gasteiger partial charge in [0.2, 0.25) is 0 Å². The van der Waals surface area contributed by atoms with Crippen molar-refractivity contribution in [3.05, 3.63) is 114 Å². The Hall–Kier alpha value is -3.59. The number of aryl methyl sites for hydroxylation is 2. The standard InChI is InChI=1S/C31H32N2O/c1-32-31-20-19-27(29-17-5-6-18-30(29)34-28-15-3-2-4-16-28)23-33(31)21-9-11-24-10-7-14-26(22-24)25-12-8-13-25/h2-7,10,14-20,22-23,25H,8-9,11-13,21H2,1H3. The molecule has 0 radical (unpaired) electrons. The highest BCUT2D eigenvalue weighted by molar-refractivity contribution is 5.70. The van der Waals surface area contributed by atoms with Crippen molar-refractivity contribution < 1.29 is 4.74 Å². The van der Waals surface area contributed by atoms with Crippen LogP contribution in [0.2, 0.25) is 0 Å². The third-order valence-electron chi connectivity index (χ3n) is 6.79. The Labute approximate surface area is 202 Å². The van der Waals surface area contributed by atoms with Crippen LogP contribution in [0.1, 0.15) is 42.7 Å². The number of aromatic nitrogens is 1. The van der Waals surface area contributed by atoms with Crippen LogP contribution in [0.4, 0.5) is 0 Å². The smallest absolute Gasteiger partial charge is 0.135 e. The van der Waals surface area contributed by atoms with Crippen LogP contribution in [0.25, 0.3) is 11.1 Å². The first-order valence-electron chi connectivity index (χ1n) is 12.3. The molecule has 0 atom stereocenters. The van der Waals surface area contributed by atoms with E-state index in [0.29, 0.717) is 0 Å². The Morgan fingerprint density at radius 3 is 2.50 bits per heavy atom. The molecule has 0 saturated heterocycles. The van der Waals surface area contributed by atoms with Crippen LogP contribution in [0, 0.1) is 0 Å². The summed E-state index contributed by atoms with van der Waals surface area (Å²) in [6.07, 6.45) is 8.44. The molecule has 1 heterocycles. The average Bonchev–Trinajstić information content (AvgIpc) is 2.84. The monoisotopic (exact) mass is 448 g/mol. The Bertz CT molecular complexity index is 1300. The first-order chi connectivity index (χ1) is 16.8. The zero-order valence-electron chi connectivity index (χ0n) is 19.9. The van der Waals surface area contributed by atoms with E-state index in [-0.39, 0.29) is 0 Å². The molecule has 0 N–H and O–H groups in total. The van der Waals surface area contributed by atoms with Gasteiger partial charge in [0.05, 0.1) is 0 Å². The molecule has 1 fully saturated rings. The SMILES string of the molecule is CN=c1ccc(-c2ccccc2Oc2ccccc2)cn1CCCc1cccc(C2CCC2)c1. The van der Waals surface area contributed by atoms with Crippen molar-refractivity contribution in [2.24, 2.45) is 4.99 Å². The van der Waals surface area contributed by atoms with Crippen molar-refractivity contribution in [2.75, 3.05) is 7.05 Å². The number of benzene rings is 3. The summed E-state index contributed by atoms with van der Waals surface area (Å²) in [5, 5.41) is 0. The summed E-state index contributed by atoms with van der Waals surface area (Å²) in [5.74, 6) is 2.48. The van der Waals surface area contributed by atoms with E-state index in [2.05, 4.69) is 64.3 Å². The molecular formula is C31H32N2O. The summed E-state index contributed by atoms with van der Waals surface area (Å²) in [6.45, 7) is 0.926. The Morgan fingerprint density at radius 2 is 1.71 bits per heavy atom. The third kappa shape index (κ3) is 5.14. The molecule has 3 heteroatoms. The molecule has 172 valence electrons.